The summed E-state index contributed by atoms with van der Waals surface area (Å²) in [6, 6.07) is 8.91. The van der Waals surface area contributed by atoms with Crippen LogP contribution in [0.2, 0.25) is 0 Å². The average molecular weight is 378 g/mol. The number of carbonyl (C=O) groups is 2. The van der Waals surface area contributed by atoms with Crippen molar-refractivity contribution in [3.8, 4) is 5.95 Å². The fourth-order valence-electron chi connectivity index (χ4n) is 2.90. The van der Waals surface area contributed by atoms with Gasteiger partial charge in [0.05, 0.1) is 11.7 Å². The highest BCUT2D eigenvalue weighted by molar-refractivity contribution is 6.39. The molecule has 8 heteroatoms. The van der Waals surface area contributed by atoms with Gasteiger partial charge in [-0.05, 0) is 50.5 Å². The molecule has 1 atom stereocenters. The van der Waals surface area contributed by atoms with Gasteiger partial charge in [-0.2, -0.15) is 9.78 Å². The highest BCUT2D eigenvalue weighted by atomic mass is 16.2. The van der Waals surface area contributed by atoms with Gasteiger partial charge >= 0.3 is 11.8 Å². The maximum absolute atomic E-state index is 12.4. The van der Waals surface area contributed by atoms with Gasteiger partial charge < -0.3 is 10.6 Å². The second kappa shape index (κ2) is 7.99. The Morgan fingerprint density at radius 1 is 1.04 bits per heavy atom. The number of aryl methyl sites for hydroxylation is 2. The van der Waals surface area contributed by atoms with E-state index in [1.54, 1.807) is 31.5 Å². The fraction of sp³-hybridized carbons (Fsp3) is 0.250. The number of hydrogen-bond donors (Lipinski definition) is 2. The van der Waals surface area contributed by atoms with Crippen LogP contribution in [-0.2, 0) is 9.59 Å². The lowest BCUT2D eigenvalue weighted by Crippen LogP contribution is -2.37. The van der Waals surface area contributed by atoms with Crippen molar-refractivity contribution in [2.24, 2.45) is 0 Å². The lowest BCUT2D eigenvalue weighted by Gasteiger charge is -2.17. The van der Waals surface area contributed by atoms with Gasteiger partial charge in [-0.1, -0.05) is 18.2 Å². The number of anilines is 1. The minimum absolute atomic E-state index is 0.301. The molecule has 0 saturated carbocycles. The molecule has 3 rings (SSSR count). The topological polar surface area (TPSA) is 102 Å². The molecule has 2 amide bonds. The summed E-state index contributed by atoms with van der Waals surface area (Å²) in [5, 5.41) is 9.59. The number of carbonyl (C=O) groups excluding carboxylic acids is 2. The van der Waals surface area contributed by atoms with Crippen LogP contribution in [0.5, 0.6) is 0 Å². The van der Waals surface area contributed by atoms with Gasteiger partial charge in [-0.3, -0.25) is 9.59 Å². The molecule has 0 bridgehead atoms. The Hall–Kier alpha value is -3.55. The molecular weight excluding hydrogens is 356 g/mol. The number of aromatic nitrogens is 4. The van der Waals surface area contributed by atoms with Crippen molar-refractivity contribution >= 4 is 17.6 Å². The molecule has 2 N–H and O–H groups in total. The summed E-state index contributed by atoms with van der Waals surface area (Å²) in [5.74, 6) is -0.889. The molecule has 0 unspecified atom stereocenters. The summed E-state index contributed by atoms with van der Waals surface area (Å²) in [6.45, 7) is 7.63. The van der Waals surface area contributed by atoms with E-state index >= 15 is 0 Å². The molecule has 2 heterocycles. The summed E-state index contributed by atoms with van der Waals surface area (Å²) < 4.78 is 1.38. The average Bonchev–Trinajstić information content (AvgIpc) is 3.04. The Morgan fingerprint density at radius 2 is 1.75 bits per heavy atom. The molecule has 3 aromatic rings. The monoisotopic (exact) mass is 378 g/mol. The Balaban J connectivity index is 1.73. The third kappa shape index (κ3) is 4.06. The first-order chi connectivity index (χ1) is 13.4. The largest absolute Gasteiger partial charge is 0.341 e. The van der Waals surface area contributed by atoms with Crippen molar-refractivity contribution < 1.29 is 9.59 Å². The van der Waals surface area contributed by atoms with E-state index in [-0.39, 0.29) is 6.04 Å². The number of rotatable bonds is 4. The first kappa shape index (κ1) is 19.2. The Kier molecular flexibility index (Phi) is 5.49. The SMILES string of the molecule is Cc1cc(NC(=O)C(=O)N[C@@H](C)c2cccc(C)c2C)n(-c2ncccn2)n1. The molecule has 28 heavy (non-hydrogen) atoms. The zero-order valence-corrected chi connectivity index (χ0v) is 16.2. The molecule has 0 aliphatic heterocycles. The molecule has 8 nitrogen and oxygen atoms in total. The van der Waals surface area contributed by atoms with Crippen LogP contribution in [-0.4, -0.2) is 31.6 Å². The van der Waals surface area contributed by atoms with Crippen molar-refractivity contribution in [1.29, 1.82) is 0 Å². The third-order valence-corrected chi connectivity index (χ3v) is 4.48. The van der Waals surface area contributed by atoms with Gasteiger partial charge in [0.2, 0.25) is 0 Å². The van der Waals surface area contributed by atoms with Crippen LogP contribution >= 0.6 is 0 Å². The minimum atomic E-state index is -0.783. The van der Waals surface area contributed by atoms with E-state index in [2.05, 4.69) is 25.7 Å². The van der Waals surface area contributed by atoms with Crippen LogP contribution in [0.4, 0.5) is 5.82 Å². The van der Waals surface area contributed by atoms with E-state index in [9.17, 15) is 9.59 Å². The predicted molar refractivity (Wildman–Crippen MR) is 105 cm³/mol. The van der Waals surface area contributed by atoms with Crippen molar-refractivity contribution in [2.45, 2.75) is 33.7 Å². The van der Waals surface area contributed by atoms with Gasteiger partial charge in [0.25, 0.3) is 5.95 Å². The number of benzene rings is 1. The standard InChI is InChI=1S/C20H22N6O2/c1-12-7-5-8-16(14(12)3)15(4)23-18(27)19(28)24-17-11-13(2)25-26(17)20-21-9-6-10-22-20/h5-11,15H,1-4H3,(H,23,27)(H,24,28)/t15-/m0/s1. The second-order valence-corrected chi connectivity index (χ2v) is 6.57. The Morgan fingerprint density at radius 3 is 2.46 bits per heavy atom. The summed E-state index contributed by atoms with van der Waals surface area (Å²) in [6.07, 6.45) is 3.15. The predicted octanol–water partition coefficient (Wildman–Crippen LogP) is 2.40. The first-order valence-corrected chi connectivity index (χ1v) is 8.89. The lowest BCUT2D eigenvalue weighted by atomic mass is 9.98. The number of hydrogen-bond acceptors (Lipinski definition) is 5. The maximum atomic E-state index is 12.4. The van der Waals surface area contributed by atoms with Gasteiger partial charge in [0, 0.05) is 18.5 Å². The van der Waals surface area contributed by atoms with Gasteiger partial charge in [-0.25, -0.2) is 9.97 Å². The van der Waals surface area contributed by atoms with Crippen LogP contribution in [0, 0.1) is 20.8 Å². The van der Waals surface area contributed by atoms with Crippen molar-refractivity contribution in [3.63, 3.8) is 0 Å². The molecule has 0 radical (unpaired) electrons. The van der Waals surface area contributed by atoms with Gasteiger partial charge in [-0.15, -0.1) is 0 Å². The van der Waals surface area contributed by atoms with Crippen LogP contribution < -0.4 is 10.6 Å². The summed E-state index contributed by atoms with van der Waals surface area (Å²) in [7, 11) is 0. The Labute approximate surface area is 163 Å². The summed E-state index contributed by atoms with van der Waals surface area (Å²) in [4.78, 5) is 33.1. The van der Waals surface area contributed by atoms with Gasteiger partial charge in [0.1, 0.15) is 5.82 Å². The lowest BCUT2D eigenvalue weighted by molar-refractivity contribution is -0.136. The van der Waals surface area contributed by atoms with Crippen LogP contribution in [0.3, 0.4) is 0 Å². The quantitative estimate of drug-likeness (QED) is 0.679. The van der Waals surface area contributed by atoms with Crippen LogP contribution in [0.1, 0.15) is 35.3 Å². The van der Waals surface area contributed by atoms with Crippen molar-refractivity contribution in [2.75, 3.05) is 5.32 Å². The fourth-order valence-corrected chi connectivity index (χ4v) is 2.90. The molecule has 1 aromatic carbocycles. The number of nitrogens with zero attached hydrogens (tertiary/aromatic N) is 4. The molecule has 144 valence electrons. The minimum Gasteiger partial charge on any atom is -0.341 e. The molecule has 0 aliphatic carbocycles. The number of amides is 2. The third-order valence-electron chi connectivity index (χ3n) is 4.48. The zero-order chi connectivity index (χ0) is 20.3. The van der Waals surface area contributed by atoms with Crippen LogP contribution in [0.15, 0.2) is 42.7 Å². The molecule has 2 aromatic heterocycles. The van der Waals surface area contributed by atoms with E-state index in [0.717, 1.165) is 16.7 Å². The second-order valence-electron chi connectivity index (χ2n) is 6.57. The number of nitrogens with one attached hydrogen (secondary N) is 2. The van der Waals surface area contributed by atoms with Crippen molar-refractivity contribution in [1.82, 2.24) is 25.1 Å². The molecule has 0 spiro atoms. The van der Waals surface area contributed by atoms with E-state index in [0.29, 0.717) is 17.5 Å². The summed E-state index contributed by atoms with van der Waals surface area (Å²) >= 11 is 0. The first-order valence-electron chi connectivity index (χ1n) is 8.89. The highest BCUT2D eigenvalue weighted by Crippen LogP contribution is 2.20. The highest BCUT2D eigenvalue weighted by Gasteiger charge is 2.21. The normalized spacial score (nSPS) is 11.7. The smallest absolute Gasteiger partial charge is 0.314 e. The Bertz CT molecular complexity index is 1010. The van der Waals surface area contributed by atoms with Gasteiger partial charge in [0.15, 0.2) is 0 Å². The van der Waals surface area contributed by atoms with E-state index in [1.807, 2.05) is 39.0 Å². The van der Waals surface area contributed by atoms with E-state index in [1.165, 1.54) is 4.68 Å². The van der Waals surface area contributed by atoms with E-state index in [4.69, 9.17) is 0 Å². The molecule has 0 saturated heterocycles. The molecule has 0 fully saturated rings. The summed E-state index contributed by atoms with van der Waals surface area (Å²) in [5.41, 5.74) is 3.85. The maximum Gasteiger partial charge on any atom is 0.314 e. The van der Waals surface area contributed by atoms with E-state index < -0.39 is 11.8 Å². The van der Waals surface area contributed by atoms with Crippen molar-refractivity contribution in [3.05, 3.63) is 65.1 Å². The van der Waals surface area contributed by atoms with Crippen LogP contribution in [0.25, 0.3) is 5.95 Å². The molecular formula is C20H22N6O2. The zero-order valence-electron chi connectivity index (χ0n) is 16.2. The molecule has 0 aliphatic rings.